The lowest BCUT2D eigenvalue weighted by Crippen LogP contribution is -2.30. The molecule has 0 unspecified atom stereocenters. The van der Waals surface area contributed by atoms with Crippen LogP contribution < -0.4 is 4.74 Å². The highest BCUT2D eigenvalue weighted by molar-refractivity contribution is 7.99. The van der Waals surface area contributed by atoms with Crippen LogP contribution in [-0.4, -0.2) is 23.1 Å². The number of carbonyl (C=O) groups excluding carboxylic acids is 1. The van der Waals surface area contributed by atoms with Crippen LogP contribution in [-0.2, 0) is 6.61 Å². The van der Waals surface area contributed by atoms with E-state index < -0.39 is 0 Å². The van der Waals surface area contributed by atoms with Crippen molar-refractivity contribution in [1.29, 1.82) is 0 Å². The summed E-state index contributed by atoms with van der Waals surface area (Å²) in [6.07, 6.45) is 0. The Morgan fingerprint density at radius 3 is 2.12 bits per heavy atom. The maximum absolute atomic E-state index is 13.3. The normalized spacial score (nSPS) is 15.4. The standard InChI is InChI=1S/C29H25NO2S/c31-28(25-13-11-24(12-14-25)23-9-5-2-6-10-23)30-19-20-33-29(30)26-15-17-27(18-16-26)32-21-22-7-3-1-4-8-22/h1-18,29H,19-21H2/t29-/m0/s1. The fraction of sp³-hybridized carbons (Fsp3) is 0.138. The van der Waals surface area contributed by atoms with Crippen LogP contribution in [0.15, 0.2) is 109 Å². The number of amides is 1. The number of hydrogen-bond donors (Lipinski definition) is 0. The number of rotatable bonds is 6. The summed E-state index contributed by atoms with van der Waals surface area (Å²) in [5, 5.41) is 0.0227. The quantitative estimate of drug-likeness (QED) is 0.322. The van der Waals surface area contributed by atoms with Gasteiger partial charge >= 0.3 is 0 Å². The summed E-state index contributed by atoms with van der Waals surface area (Å²) >= 11 is 1.81. The van der Waals surface area contributed by atoms with Crippen molar-refractivity contribution in [3.63, 3.8) is 0 Å². The van der Waals surface area contributed by atoms with Gasteiger partial charge in [-0.1, -0.05) is 84.9 Å². The molecule has 1 aliphatic heterocycles. The van der Waals surface area contributed by atoms with E-state index >= 15 is 0 Å². The molecule has 5 rings (SSSR count). The zero-order valence-corrected chi connectivity index (χ0v) is 19.1. The highest BCUT2D eigenvalue weighted by atomic mass is 32.2. The molecule has 0 radical (unpaired) electrons. The SMILES string of the molecule is O=C(c1ccc(-c2ccccc2)cc1)N1CCS[C@H]1c1ccc(OCc2ccccc2)cc1. The van der Waals surface area contributed by atoms with Crippen molar-refractivity contribution >= 4 is 17.7 Å². The average molecular weight is 452 g/mol. The molecule has 3 nitrogen and oxygen atoms in total. The van der Waals surface area contributed by atoms with E-state index in [1.165, 1.54) is 0 Å². The van der Waals surface area contributed by atoms with Gasteiger partial charge in [-0.25, -0.2) is 0 Å². The first-order chi connectivity index (χ1) is 16.3. The summed E-state index contributed by atoms with van der Waals surface area (Å²) in [5.74, 6) is 1.85. The Hall–Kier alpha value is -3.50. The van der Waals surface area contributed by atoms with Crippen molar-refractivity contribution in [3.8, 4) is 16.9 Å². The molecule has 1 fully saturated rings. The monoisotopic (exact) mass is 451 g/mol. The molecule has 1 aliphatic rings. The molecule has 0 spiro atoms. The average Bonchev–Trinajstić information content (AvgIpc) is 3.39. The molecule has 1 saturated heterocycles. The third-order valence-electron chi connectivity index (χ3n) is 5.80. The molecule has 0 N–H and O–H groups in total. The van der Waals surface area contributed by atoms with E-state index in [4.69, 9.17) is 4.74 Å². The van der Waals surface area contributed by atoms with E-state index in [-0.39, 0.29) is 11.3 Å². The van der Waals surface area contributed by atoms with Gasteiger partial charge in [0, 0.05) is 17.9 Å². The summed E-state index contributed by atoms with van der Waals surface area (Å²) in [5.41, 5.74) is 5.26. The van der Waals surface area contributed by atoms with Crippen LogP contribution in [0.5, 0.6) is 5.75 Å². The van der Waals surface area contributed by atoms with E-state index in [0.29, 0.717) is 6.61 Å². The van der Waals surface area contributed by atoms with Gasteiger partial charge in [-0.3, -0.25) is 4.79 Å². The molecule has 4 aromatic rings. The number of thioether (sulfide) groups is 1. The summed E-state index contributed by atoms with van der Waals surface area (Å²) in [4.78, 5) is 15.3. The number of carbonyl (C=O) groups is 1. The molecule has 4 heteroatoms. The van der Waals surface area contributed by atoms with Gasteiger partial charge in [0.15, 0.2) is 0 Å². The Labute approximate surface area is 199 Å². The van der Waals surface area contributed by atoms with Crippen molar-refractivity contribution < 1.29 is 9.53 Å². The van der Waals surface area contributed by atoms with Gasteiger partial charge in [0.2, 0.25) is 0 Å². The predicted molar refractivity (Wildman–Crippen MR) is 135 cm³/mol. The Balaban J connectivity index is 1.26. The van der Waals surface area contributed by atoms with Crippen molar-refractivity contribution in [2.45, 2.75) is 12.0 Å². The second kappa shape index (κ2) is 9.97. The maximum atomic E-state index is 13.3. The zero-order valence-electron chi connectivity index (χ0n) is 18.3. The van der Waals surface area contributed by atoms with Crippen molar-refractivity contribution in [2.24, 2.45) is 0 Å². The second-order valence-electron chi connectivity index (χ2n) is 8.01. The topological polar surface area (TPSA) is 29.5 Å². The van der Waals surface area contributed by atoms with Crippen LogP contribution in [0.1, 0.15) is 26.9 Å². The van der Waals surface area contributed by atoms with Gasteiger partial charge in [0.1, 0.15) is 17.7 Å². The lowest BCUT2D eigenvalue weighted by molar-refractivity contribution is 0.0760. The lowest BCUT2D eigenvalue weighted by Gasteiger charge is -2.24. The van der Waals surface area contributed by atoms with Gasteiger partial charge in [0.05, 0.1) is 0 Å². The summed E-state index contributed by atoms with van der Waals surface area (Å²) in [6.45, 7) is 1.29. The first-order valence-corrected chi connectivity index (χ1v) is 12.2. The van der Waals surface area contributed by atoms with E-state index in [1.54, 1.807) is 11.8 Å². The molecule has 164 valence electrons. The Bertz CT molecular complexity index is 1190. The van der Waals surface area contributed by atoms with Crippen LogP contribution in [0.3, 0.4) is 0 Å². The summed E-state index contributed by atoms with van der Waals surface area (Å²) < 4.78 is 5.91. The third-order valence-corrected chi connectivity index (χ3v) is 7.07. The van der Waals surface area contributed by atoms with Crippen LogP contribution >= 0.6 is 11.8 Å². The smallest absolute Gasteiger partial charge is 0.255 e. The molecular formula is C29H25NO2S. The van der Waals surface area contributed by atoms with E-state index in [1.807, 2.05) is 77.7 Å². The minimum Gasteiger partial charge on any atom is -0.489 e. The predicted octanol–water partition coefficient (Wildman–Crippen LogP) is 6.82. The minimum absolute atomic E-state index is 0.0227. The van der Waals surface area contributed by atoms with Gasteiger partial charge in [-0.05, 0) is 46.5 Å². The van der Waals surface area contributed by atoms with Gasteiger partial charge < -0.3 is 9.64 Å². The third kappa shape index (κ3) is 4.96. The molecule has 0 saturated carbocycles. The van der Waals surface area contributed by atoms with E-state index in [0.717, 1.165) is 45.9 Å². The fourth-order valence-corrected chi connectivity index (χ4v) is 5.28. The number of nitrogens with zero attached hydrogens (tertiary/aromatic N) is 1. The largest absolute Gasteiger partial charge is 0.489 e. The first-order valence-electron chi connectivity index (χ1n) is 11.1. The molecule has 1 amide bonds. The Morgan fingerprint density at radius 2 is 1.42 bits per heavy atom. The first kappa shape index (κ1) is 21.4. The minimum atomic E-state index is 0.0227. The maximum Gasteiger partial charge on any atom is 0.255 e. The molecule has 1 atom stereocenters. The Kier molecular flexibility index (Phi) is 6.45. The number of benzene rings is 4. The summed E-state index contributed by atoms with van der Waals surface area (Å²) in [7, 11) is 0. The molecular weight excluding hydrogens is 426 g/mol. The van der Waals surface area contributed by atoms with Crippen molar-refractivity contribution in [2.75, 3.05) is 12.3 Å². The Morgan fingerprint density at radius 1 is 0.788 bits per heavy atom. The fourth-order valence-electron chi connectivity index (χ4n) is 4.03. The summed E-state index contributed by atoms with van der Waals surface area (Å²) in [6, 6.07) is 36.4. The molecule has 0 aliphatic carbocycles. The second-order valence-corrected chi connectivity index (χ2v) is 9.20. The van der Waals surface area contributed by atoms with E-state index in [9.17, 15) is 4.79 Å². The molecule has 4 aromatic carbocycles. The number of ether oxygens (including phenoxy) is 1. The highest BCUT2D eigenvalue weighted by Crippen LogP contribution is 2.39. The highest BCUT2D eigenvalue weighted by Gasteiger charge is 2.31. The van der Waals surface area contributed by atoms with Gasteiger partial charge in [0.25, 0.3) is 5.91 Å². The van der Waals surface area contributed by atoms with Gasteiger partial charge in [-0.15, -0.1) is 11.8 Å². The molecule has 0 bridgehead atoms. The molecule has 0 aromatic heterocycles. The van der Waals surface area contributed by atoms with Crippen molar-refractivity contribution in [1.82, 2.24) is 4.90 Å². The van der Waals surface area contributed by atoms with Crippen LogP contribution in [0.2, 0.25) is 0 Å². The van der Waals surface area contributed by atoms with E-state index in [2.05, 4.69) is 36.4 Å². The lowest BCUT2D eigenvalue weighted by atomic mass is 10.0. The van der Waals surface area contributed by atoms with Crippen LogP contribution in [0.25, 0.3) is 11.1 Å². The molecule has 1 heterocycles. The van der Waals surface area contributed by atoms with Crippen molar-refractivity contribution in [3.05, 3.63) is 126 Å². The van der Waals surface area contributed by atoms with Crippen LogP contribution in [0.4, 0.5) is 0 Å². The van der Waals surface area contributed by atoms with Gasteiger partial charge in [-0.2, -0.15) is 0 Å². The number of hydrogen-bond acceptors (Lipinski definition) is 3. The molecule has 33 heavy (non-hydrogen) atoms. The van der Waals surface area contributed by atoms with Crippen LogP contribution in [0, 0.1) is 0 Å². The zero-order chi connectivity index (χ0) is 22.5.